The van der Waals surface area contributed by atoms with E-state index in [0.29, 0.717) is 11.8 Å². The average molecular weight is 190 g/mol. The maximum absolute atomic E-state index is 10.8. The molecule has 1 N–H and O–H groups in total. The lowest BCUT2D eigenvalue weighted by Gasteiger charge is -1.96. The van der Waals surface area contributed by atoms with Crippen molar-refractivity contribution in [3.05, 3.63) is 35.7 Å². The normalized spacial score (nSPS) is 10.3. The quantitative estimate of drug-likeness (QED) is 0.712. The topological polar surface area (TPSA) is 71.7 Å². The molecule has 2 aromatic heterocycles. The van der Waals surface area contributed by atoms with E-state index < -0.39 is 5.97 Å². The lowest BCUT2D eigenvalue weighted by Crippen LogP contribution is -1.99. The van der Waals surface area contributed by atoms with E-state index in [1.807, 2.05) is 0 Å². The summed E-state index contributed by atoms with van der Waals surface area (Å²) in [5, 5.41) is 12.7. The number of rotatable bonds is 2. The molecule has 0 spiro atoms. The van der Waals surface area contributed by atoms with Crippen LogP contribution < -0.4 is 0 Å². The van der Waals surface area contributed by atoms with Gasteiger partial charge in [-0.2, -0.15) is 5.10 Å². The minimum Gasteiger partial charge on any atom is -0.478 e. The molecule has 0 aromatic carbocycles. The third kappa shape index (κ3) is 1.15. The fourth-order valence-electron chi connectivity index (χ4n) is 1.27. The Labute approximate surface area is 78.6 Å². The summed E-state index contributed by atoms with van der Waals surface area (Å²) < 4.78 is 1.37. The highest BCUT2D eigenvalue weighted by Gasteiger charge is 2.10. The van der Waals surface area contributed by atoms with Crippen molar-refractivity contribution in [3.63, 3.8) is 0 Å². The molecule has 0 fully saturated rings. The van der Waals surface area contributed by atoms with Gasteiger partial charge in [-0.3, -0.25) is 4.79 Å². The van der Waals surface area contributed by atoms with Gasteiger partial charge in [0.05, 0.1) is 11.1 Å². The van der Waals surface area contributed by atoms with Crippen LogP contribution in [0.2, 0.25) is 0 Å². The predicted octanol–water partition coefficient (Wildman–Crippen LogP) is 0.845. The van der Waals surface area contributed by atoms with E-state index in [4.69, 9.17) is 5.11 Å². The van der Waals surface area contributed by atoms with Gasteiger partial charge in [0.1, 0.15) is 5.69 Å². The number of hydrogen-bond acceptors (Lipinski definition) is 3. The lowest BCUT2D eigenvalue weighted by atomic mass is 10.2. The van der Waals surface area contributed by atoms with Crippen molar-refractivity contribution >= 4 is 17.8 Å². The van der Waals surface area contributed by atoms with Crippen LogP contribution in [0.5, 0.6) is 0 Å². The molecule has 0 atom stereocenters. The van der Waals surface area contributed by atoms with Gasteiger partial charge in [0, 0.05) is 6.20 Å². The standard InChI is InChI=1S/C9H6N2O3/c12-5-6-4-8-7(9(13)14)2-1-3-11(8)10-6/h1-5H,(H,13,14). The van der Waals surface area contributed by atoms with E-state index in [-0.39, 0.29) is 11.3 Å². The number of hydrogen-bond donors (Lipinski definition) is 1. The van der Waals surface area contributed by atoms with Gasteiger partial charge in [0.25, 0.3) is 0 Å². The molecule has 0 unspecified atom stereocenters. The molecule has 70 valence electrons. The van der Waals surface area contributed by atoms with Crippen molar-refractivity contribution < 1.29 is 14.7 Å². The summed E-state index contributed by atoms with van der Waals surface area (Å²) in [6.45, 7) is 0. The predicted molar refractivity (Wildman–Crippen MR) is 47.5 cm³/mol. The van der Waals surface area contributed by atoms with Gasteiger partial charge in [-0.15, -0.1) is 0 Å². The van der Waals surface area contributed by atoms with Crippen LogP contribution in [0.25, 0.3) is 5.52 Å². The Morgan fingerprint density at radius 1 is 1.57 bits per heavy atom. The molecule has 0 aliphatic heterocycles. The Morgan fingerprint density at radius 2 is 2.36 bits per heavy atom. The molecule has 0 saturated carbocycles. The van der Waals surface area contributed by atoms with Gasteiger partial charge in [0.15, 0.2) is 6.29 Å². The molecule has 2 rings (SSSR count). The fraction of sp³-hybridized carbons (Fsp3) is 0. The van der Waals surface area contributed by atoms with Crippen LogP contribution in [-0.2, 0) is 0 Å². The summed E-state index contributed by atoms with van der Waals surface area (Å²) >= 11 is 0. The van der Waals surface area contributed by atoms with Gasteiger partial charge in [-0.25, -0.2) is 9.31 Å². The fourth-order valence-corrected chi connectivity index (χ4v) is 1.27. The first-order chi connectivity index (χ1) is 6.72. The zero-order valence-corrected chi connectivity index (χ0v) is 7.04. The van der Waals surface area contributed by atoms with E-state index in [9.17, 15) is 9.59 Å². The number of aldehydes is 1. The monoisotopic (exact) mass is 190 g/mol. The van der Waals surface area contributed by atoms with Crippen LogP contribution in [0.4, 0.5) is 0 Å². The number of pyridine rings is 1. The van der Waals surface area contributed by atoms with E-state index in [1.165, 1.54) is 16.6 Å². The summed E-state index contributed by atoms with van der Waals surface area (Å²) in [5.41, 5.74) is 0.772. The Kier molecular flexibility index (Phi) is 1.78. The number of aromatic carboxylic acids is 1. The highest BCUT2D eigenvalue weighted by Crippen LogP contribution is 2.11. The van der Waals surface area contributed by atoms with Gasteiger partial charge in [-0.1, -0.05) is 0 Å². The number of aromatic nitrogens is 2. The Bertz CT molecular complexity index is 516. The molecule has 0 amide bonds. The molecule has 0 radical (unpaired) electrons. The molecule has 2 aromatic rings. The van der Waals surface area contributed by atoms with Crippen LogP contribution in [-0.4, -0.2) is 27.0 Å². The first-order valence-electron chi connectivity index (χ1n) is 3.89. The van der Waals surface area contributed by atoms with Crippen LogP contribution in [0.1, 0.15) is 20.8 Å². The zero-order chi connectivity index (χ0) is 10.1. The highest BCUT2D eigenvalue weighted by atomic mass is 16.4. The van der Waals surface area contributed by atoms with E-state index in [0.717, 1.165) is 0 Å². The molecule has 0 bridgehead atoms. The number of fused-ring (bicyclic) bond motifs is 1. The van der Waals surface area contributed by atoms with Gasteiger partial charge in [-0.05, 0) is 18.2 Å². The Hall–Kier alpha value is -2.17. The molecule has 5 nitrogen and oxygen atoms in total. The highest BCUT2D eigenvalue weighted by molar-refractivity contribution is 5.96. The minimum atomic E-state index is -1.03. The van der Waals surface area contributed by atoms with Gasteiger partial charge in [0.2, 0.25) is 0 Å². The maximum Gasteiger partial charge on any atom is 0.337 e. The Morgan fingerprint density at radius 3 is 3.00 bits per heavy atom. The summed E-state index contributed by atoms with van der Waals surface area (Å²) in [6, 6.07) is 4.47. The first kappa shape index (κ1) is 8.43. The van der Waals surface area contributed by atoms with Crippen LogP contribution in [0.15, 0.2) is 24.4 Å². The summed E-state index contributed by atoms with van der Waals surface area (Å²) in [7, 11) is 0. The van der Waals surface area contributed by atoms with Crippen LogP contribution in [0, 0.1) is 0 Å². The van der Waals surface area contributed by atoms with Crippen molar-refractivity contribution in [1.82, 2.24) is 9.61 Å². The number of nitrogens with zero attached hydrogens (tertiary/aromatic N) is 2. The van der Waals surface area contributed by atoms with Gasteiger partial charge < -0.3 is 5.11 Å². The first-order valence-corrected chi connectivity index (χ1v) is 3.89. The molecule has 2 heterocycles. The van der Waals surface area contributed by atoms with Crippen molar-refractivity contribution in [2.24, 2.45) is 0 Å². The van der Waals surface area contributed by atoms with E-state index in [1.54, 1.807) is 12.3 Å². The second kappa shape index (κ2) is 2.95. The average Bonchev–Trinajstić information content (AvgIpc) is 2.59. The molecule has 0 saturated heterocycles. The molecule has 14 heavy (non-hydrogen) atoms. The number of carbonyl (C=O) groups is 2. The third-order valence-corrected chi connectivity index (χ3v) is 1.87. The molecular weight excluding hydrogens is 184 g/mol. The SMILES string of the molecule is O=Cc1cc2c(C(=O)O)cccn2n1. The van der Waals surface area contributed by atoms with Crippen LogP contribution >= 0.6 is 0 Å². The molecule has 5 heteroatoms. The molecular formula is C9H6N2O3. The second-order valence-corrected chi connectivity index (χ2v) is 2.74. The zero-order valence-electron chi connectivity index (χ0n) is 7.04. The van der Waals surface area contributed by atoms with Crippen LogP contribution in [0.3, 0.4) is 0 Å². The largest absolute Gasteiger partial charge is 0.478 e. The Balaban J connectivity index is 2.79. The van der Waals surface area contributed by atoms with E-state index >= 15 is 0 Å². The van der Waals surface area contributed by atoms with Crippen molar-refractivity contribution in [3.8, 4) is 0 Å². The third-order valence-electron chi connectivity index (χ3n) is 1.87. The molecule has 0 aliphatic carbocycles. The minimum absolute atomic E-state index is 0.133. The number of carbonyl (C=O) groups excluding carboxylic acids is 1. The van der Waals surface area contributed by atoms with E-state index in [2.05, 4.69) is 5.10 Å². The number of carboxylic acids is 1. The number of carboxylic acid groups (broad SMARTS) is 1. The van der Waals surface area contributed by atoms with Crippen molar-refractivity contribution in [2.75, 3.05) is 0 Å². The lowest BCUT2D eigenvalue weighted by molar-refractivity contribution is 0.0698. The second-order valence-electron chi connectivity index (χ2n) is 2.74. The summed E-state index contributed by atoms with van der Waals surface area (Å²) in [5.74, 6) is -1.03. The van der Waals surface area contributed by atoms with Crippen molar-refractivity contribution in [2.45, 2.75) is 0 Å². The van der Waals surface area contributed by atoms with Crippen molar-refractivity contribution in [1.29, 1.82) is 0 Å². The summed E-state index contributed by atoms with van der Waals surface area (Å²) in [4.78, 5) is 21.2. The smallest absolute Gasteiger partial charge is 0.337 e. The van der Waals surface area contributed by atoms with Gasteiger partial charge >= 0.3 is 5.97 Å². The summed E-state index contributed by atoms with van der Waals surface area (Å²) in [6.07, 6.45) is 2.17. The maximum atomic E-state index is 10.8. The molecule has 0 aliphatic rings.